The molecule has 220 valence electrons. The van der Waals surface area contributed by atoms with Crippen LogP contribution in [0.4, 0.5) is 0 Å². The Morgan fingerprint density at radius 1 is 0.568 bits per heavy atom. The van der Waals surface area contributed by atoms with Crippen LogP contribution < -0.4 is 0 Å². The Kier molecular flexibility index (Phi) is 15.4. The quantitative estimate of drug-likeness (QED) is 0.200. The standard InChI is InChI=1S/C27H52O10/c1-6-26(17-33-18-26)15-31-12-24(28)11-30-8-21(3)35-9-22(4)36-10-23(5)37-14-25(29)13-32-16-27(7-2)19-34-20-27/h21-25,28-29H,6-20H2,1-5H3. The van der Waals surface area contributed by atoms with Gasteiger partial charge < -0.3 is 48.1 Å². The molecule has 2 fully saturated rings. The first-order chi connectivity index (χ1) is 17.7. The maximum absolute atomic E-state index is 10.1. The van der Waals surface area contributed by atoms with E-state index in [1.165, 1.54) is 0 Å². The summed E-state index contributed by atoms with van der Waals surface area (Å²) in [4.78, 5) is 0. The molecule has 0 radical (unpaired) electrons. The van der Waals surface area contributed by atoms with Crippen molar-refractivity contribution in [1.29, 1.82) is 0 Å². The molecule has 0 saturated carbocycles. The number of aliphatic hydroxyl groups excluding tert-OH is 2. The van der Waals surface area contributed by atoms with Crippen LogP contribution in [0.15, 0.2) is 0 Å². The summed E-state index contributed by atoms with van der Waals surface area (Å²) in [6.07, 6.45) is 0.283. The fourth-order valence-electron chi connectivity index (χ4n) is 3.87. The maximum atomic E-state index is 10.1. The van der Waals surface area contributed by atoms with E-state index >= 15 is 0 Å². The Balaban J connectivity index is 1.42. The Hall–Kier alpha value is -0.400. The molecule has 2 heterocycles. The van der Waals surface area contributed by atoms with Gasteiger partial charge >= 0.3 is 0 Å². The second-order valence-electron chi connectivity index (χ2n) is 11.0. The highest BCUT2D eigenvalue weighted by Gasteiger charge is 2.37. The zero-order chi connectivity index (χ0) is 27.2. The summed E-state index contributed by atoms with van der Waals surface area (Å²) in [5, 5.41) is 20.2. The summed E-state index contributed by atoms with van der Waals surface area (Å²) < 4.78 is 44.7. The normalized spacial score (nSPS) is 22.5. The molecule has 0 spiro atoms. The molecule has 0 bridgehead atoms. The van der Waals surface area contributed by atoms with Gasteiger partial charge in [-0.25, -0.2) is 0 Å². The number of hydrogen-bond acceptors (Lipinski definition) is 10. The molecule has 37 heavy (non-hydrogen) atoms. The number of hydrogen-bond donors (Lipinski definition) is 2. The topological polar surface area (TPSA) is 114 Å². The van der Waals surface area contributed by atoms with Crippen LogP contribution in [-0.4, -0.2) is 127 Å². The van der Waals surface area contributed by atoms with Crippen LogP contribution in [0.2, 0.25) is 0 Å². The van der Waals surface area contributed by atoms with Crippen molar-refractivity contribution in [3.63, 3.8) is 0 Å². The molecule has 2 aliphatic heterocycles. The molecular weight excluding hydrogens is 484 g/mol. The average Bonchev–Trinajstić information content (AvgIpc) is 2.83. The minimum atomic E-state index is -0.672. The number of ether oxygens (including phenoxy) is 8. The van der Waals surface area contributed by atoms with Crippen LogP contribution in [0.5, 0.6) is 0 Å². The van der Waals surface area contributed by atoms with Gasteiger partial charge in [0.1, 0.15) is 12.2 Å². The molecular formula is C27H52O10. The van der Waals surface area contributed by atoms with E-state index in [0.717, 1.165) is 39.3 Å². The Labute approximate surface area is 223 Å². The van der Waals surface area contributed by atoms with Gasteiger partial charge in [0, 0.05) is 10.8 Å². The summed E-state index contributed by atoms with van der Waals surface area (Å²) in [5.41, 5.74) is 0.231. The van der Waals surface area contributed by atoms with Crippen LogP contribution in [0.3, 0.4) is 0 Å². The van der Waals surface area contributed by atoms with E-state index in [4.69, 9.17) is 37.9 Å². The van der Waals surface area contributed by atoms with E-state index < -0.39 is 12.2 Å². The van der Waals surface area contributed by atoms with E-state index in [-0.39, 0.29) is 55.6 Å². The molecule has 10 heteroatoms. The lowest BCUT2D eigenvalue weighted by Gasteiger charge is -2.40. The minimum absolute atomic E-state index is 0.114. The van der Waals surface area contributed by atoms with Gasteiger partial charge in [0.25, 0.3) is 0 Å². The Morgan fingerprint density at radius 3 is 1.35 bits per heavy atom. The highest BCUT2D eigenvalue weighted by Crippen LogP contribution is 2.32. The Bertz CT molecular complexity index is 573. The van der Waals surface area contributed by atoms with Gasteiger partial charge in [0.15, 0.2) is 0 Å². The maximum Gasteiger partial charge on any atom is 0.101 e. The highest BCUT2D eigenvalue weighted by molar-refractivity contribution is 4.84. The lowest BCUT2D eigenvalue weighted by Crippen LogP contribution is -2.46. The smallest absolute Gasteiger partial charge is 0.101 e. The average molecular weight is 537 g/mol. The first-order valence-electron chi connectivity index (χ1n) is 13.8. The third-order valence-corrected chi connectivity index (χ3v) is 7.04. The number of aliphatic hydroxyl groups is 2. The molecule has 0 aromatic heterocycles. The SMILES string of the molecule is CCC1(COCC(O)COCC(C)OCC(C)OCC(C)OCC(O)COCC2(CC)COC2)COC1. The van der Waals surface area contributed by atoms with Crippen molar-refractivity contribution in [2.24, 2.45) is 10.8 Å². The van der Waals surface area contributed by atoms with Gasteiger partial charge in [0.2, 0.25) is 0 Å². The summed E-state index contributed by atoms with van der Waals surface area (Å²) >= 11 is 0. The third kappa shape index (κ3) is 12.5. The third-order valence-electron chi connectivity index (χ3n) is 7.04. The van der Waals surface area contributed by atoms with Gasteiger partial charge in [-0.15, -0.1) is 0 Å². The highest BCUT2D eigenvalue weighted by atomic mass is 16.6. The summed E-state index contributed by atoms with van der Waals surface area (Å²) in [6, 6.07) is 0. The van der Waals surface area contributed by atoms with Crippen molar-refractivity contribution >= 4 is 0 Å². The van der Waals surface area contributed by atoms with Crippen LogP contribution in [0.25, 0.3) is 0 Å². The minimum Gasteiger partial charge on any atom is -0.388 e. The molecule has 2 N–H and O–H groups in total. The van der Waals surface area contributed by atoms with Crippen molar-refractivity contribution in [3.8, 4) is 0 Å². The molecule has 2 aliphatic rings. The fraction of sp³-hybridized carbons (Fsp3) is 1.00. The monoisotopic (exact) mass is 536 g/mol. The molecule has 5 unspecified atom stereocenters. The predicted octanol–water partition coefficient (Wildman–Crippen LogP) is 1.83. The lowest BCUT2D eigenvalue weighted by molar-refractivity contribution is -0.159. The molecule has 0 aromatic carbocycles. The second-order valence-corrected chi connectivity index (χ2v) is 11.0. The molecule has 2 rings (SSSR count). The van der Waals surface area contributed by atoms with Gasteiger partial charge in [-0.2, -0.15) is 0 Å². The van der Waals surface area contributed by atoms with Crippen molar-refractivity contribution < 1.29 is 48.1 Å². The summed E-state index contributed by atoms with van der Waals surface area (Å²) in [5.74, 6) is 0. The summed E-state index contributed by atoms with van der Waals surface area (Å²) in [7, 11) is 0. The summed E-state index contributed by atoms with van der Waals surface area (Å²) in [6.45, 7) is 16.3. The van der Waals surface area contributed by atoms with Crippen LogP contribution in [-0.2, 0) is 37.9 Å². The van der Waals surface area contributed by atoms with E-state index in [0.29, 0.717) is 33.0 Å². The van der Waals surface area contributed by atoms with Crippen molar-refractivity contribution in [3.05, 3.63) is 0 Å². The van der Waals surface area contributed by atoms with Crippen LogP contribution in [0, 0.1) is 10.8 Å². The zero-order valence-electron chi connectivity index (χ0n) is 23.7. The van der Waals surface area contributed by atoms with Crippen LogP contribution >= 0.6 is 0 Å². The fourth-order valence-corrected chi connectivity index (χ4v) is 3.87. The predicted molar refractivity (Wildman–Crippen MR) is 138 cm³/mol. The first kappa shape index (κ1) is 32.8. The van der Waals surface area contributed by atoms with Gasteiger partial charge in [-0.1, -0.05) is 13.8 Å². The largest absolute Gasteiger partial charge is 0.388 e. The van der Waals surface area contributed by atoms with Gasteiger partial charge in [-0.05, 0) is 33.6 Å². The van der Waals surface area contributed by atoms with E-state index in [9.17, 15) is 10.2 Å². The second kappa shape index (κ2) is 17.3. The molecule has 0 aromatic rings. The molecule has 0 amide bonds. The van der Waals surface area contributed by atoms with Crippen molar-refractivity contribution in [2.75, 3.05) is 85.9 Å². The van der Waals surface area contributed by atoms with Crippen LogP contribution in [0.1, 0.15) is 47.5 Å². The number of rotatable bonds is 23. The molecule has 10 nitrogen and oxygen atoms in total. The van der Waals surface area contributed by atoms with Gasteiger partial charge in [0.05, 0.1) is 104 Å². The molecule has 2 saturated heterocycles. The van der Waals surface area contributed by atoms with Gasteiger partial charge in [-0.3, -0.25) is 0 Å². The van der Waals surface area contributed by atoms with E-state index in [2.05, 4.69) is 13.8 Å². The first-order valence-corrected chi connectivity index (χ1v) is 13.8. The lowest BCUT2D eigenvalue weighted by atomic mass is 9.84. The molecule has 0 aliphatic carbocycles. The zero-order valence-corrected chi connectivity index (χ0v) is 23.7. The van der Waals surface area contributed by atoms with E-state index in [1.54, 1.807) is 0 Å². The van der Waals surface area contributed by atoms with Crippen molar-refractivity contribution in [1.82, 2.24) is 0 Å². The van der Waals surface area contributed by atoms with Crippen molar-refractivity contribution in [2.45, 2.75) is 78.0 Å². The molecule has 5 atom stereocenters. The van der Waals surface area contributed by atoms with E-state index in [1.807, 2.05) is 20.8 Å². The Morgan fingerprint density at radius 2 is 0.946 bits per heavy atom.